The number of aliphatic hydroxyl groups is 1. The topological polar surface area (TPSA) is 462 Å². The molecule has 0 bridgehead atoms. The van der Waals surface area contributed by atoms with Crippen molar-refractivity contribution in [3.63, 3.8) is 0 Å². The first-order valence-corrected chi connectivity index (χ1v) is 46.0. The summed E-state index contributed by atoms with van der Waals surface area (Å²) < 4.78 is 78.0. The van der Waals surface area contributed by atoms with Crippen LogP contribution in [0.5, 0.6) is 0 Å². The SMILES string of the molecule is CC[C@H](C)[C@@H]([C@@H](CC(=O)N1CCC[C@H]1[C@H](OC)[C@@H](C)C(=O)N[C@H](C)[C@@H](O)c1ccccc1)OC)N(C)C(=O)[C@@H](NC(=O)[C@H](C(C)C)N(C)C(=O)OCc1ccc(NC(=O)[C@H](CCCNC(N)=O)NC(=O)[C@@H](NC(=O)CC[C@H](NC(=O)c2ccc(C(=O)C(CS(=O)(=O)c3ccc(C)cc3)CS(=O)(=O)c3ccc(C)cc3)cc2)C(=O)NCCOC)C(C)C)cc1)C(C)C. The van der Waals surface area contributed by atoms with Crippen molar-refractivity contribution in [1.82, 2.24) is 51.9 Å². The van der Waals surface area contributed by atoms with Crippen LogP contribution in [0.4, 0.5) is 15.3 Å². The van der Waals surface area contributed by atoms with E-state index in [0.717, 1.165) is 16.0 Å². The van der Waals surface area contributed by atoms with Crippen molar-refractivity contribution < 1.29 is 98.4 Å². The molecule has 6 rings (SSSR count). The van der Waals surface area contributed by atoms with Gasteiger partial charge in [-0.25, -0.2) is 26.4 Å². The van der Waals surface area contributed by atoms with Crippen molar-refractivity contribution >= 4 is 96.4 Å². The van der Waals surface area contributed by atoms with Crippen LogP contribution in [-0.2, 0) is 83.6 Å². The molecule has 13 atom stereocenters. The van der Waals surface area contributed by atoms with Crippen molar-refractivity contribution in [1.29, 1.82) is 0 Å². The number of hydrogen-bond donors (Lipinski definition) is 10. The number of Topliss-reactive ketones (excluding diaryl/α,β-unsaturated/α-hetero) is 1. The molecule has 5 aromatic rings. The molecule has 1 aliphatic heterocycles. The number of aliphatic hydroxyl groups excluding tert-OH is 1. The van der Waals surface area contributed by atoms with E-state index in [-0.39, 0.29) is 96.3 Å². The van der Waals surface area contributed by atoms with Crippen LogP contribution in [-0.4, -0.2) is 241 Å². The van der Waals surface area contributed by atoms with E-state index < -0.39 is 193 Å². The second kappa shape index (κ2) is 49.4. The maximum atomic E-state index is 14.9. The molecule has 0 unspecified atom stereocenters. The van der Waals surface area contributed by atoms with Gasteiger partial charge in [-0.05, 0) is 136 Å². The van der Waals surface area contributed by atoms with Crippen LogP contribution in [0.2, 0.25) is 0 Å². The second-order valence-electron chi connectivity index (χ2n) is 33.5. The normalized spacial score (nSPS) is 15.8. The summed E-state index contributed by atoms with van der Waals surface area (Å²) in [5, 5.41) is 32.7. The number of ketones is 1. The van der Waals surface area contributed by atoms with Gasteiger partial charge >= 0.3 is 12.1 Å². The van der Waals surface area contributed by atoms with Gasteiger partial charge in [-0.1, -0.05) is 159 Å². The van der Waals surface area contributed by atoms with Gasteiger partial charge in [0.25, 0.3) is 5.91 Å². The maximum Gasteiger partial charge on any atom is 0.410 e. The number of benzene rings is 5. The maximum absolute atomic E-state index is 14.9. The third-order valence-corrected chi connectivity index (χ3v) is 26.5. The highest BCUT2D eigenvalue weighted by Gasteiger charge is 2.45. The standard InChI is InChI=1S/C91H130N12O21S2/c1-18-59(10)79(73(122-16)50-75(105)103-48-23-27-72(103)82(123-17)60(11)83(108)95-61(12)80(106)63-24-20-19-21-25-63)101(13)89(114)77(55(4)5)100-88(113)78(56(6)7)102(14)91(116)124-51-62-32-38-67(39-33-62)96-86(111)70(26-22-46-94-90(92)115)98-87(112)76(54(2)3)99-74(104)45-44-71(85(110)93-47-49-121-15)97-84(109)65-36-34-64(35-37-65)81(107)66(52-125(117,118)68-40-28-57(8)29-41-68)53-126(119,120)69-42-30-58(9)31-43-69/h19-21,24-25,28-43,54-56,59-61,66,70-73,76-80,82,106H,18,22-23,26-27,44-53H2,1-17H3,(H,93,110)(H,95,108)(H,96,111)(H,97,109)(H,98,112)(H,99,104)(H,100,113)(H3,92,94,115)/t59-,60+,61+,70-,71-,72-,73+,76-,77-,78-,79-,80+,82+/m0/s1. The van der Waals surface area contributed by atoms with Crippen LogP contribution in [0.25, 0.3) is 0 Å². The number of likely N-dealkylation sites (N-methyl/N-ethyl adjacent to an activating group) is 2. The zero-order chi connectivity index (χ0) is 93.6. The van der Waals surface area contributed by atoms with Crippen LogP contribution in [0.3, 0.4) is 0 Å². The molecule has 0 saturated carbocycles. The number of likely N-dealkylation sites (tertiary alicyclic amines) is 1. The lowest BCUT2D eigenvalue weighted by Gasteiger charge is -2.41. The fourth-order valence-corrected chi connectivity index (χ4v) is 18.5. The summed E-state index contributed by atoms with van der Waals surface area (Å²) in [6.45, 7) is 21.4. The summed E-state index contributed by atoms with van der Waals surface area (Å²) in [4.78, 5) is 172. The first kappa shape index (κ1) is 104. The summed E-state index contributed by atoms with van der Waals surface area (Å²) in [5.74, 6) is -12.0. The van der Waals surface area contributed by atoms with Gasteiger partial charge in [0, 0.05) is 78.3 Å². The number of nitrogens with two attached hydrogens (primary N) is 1. The molecule has 0 aromatic heterocycles. The molecule has 1 fully saturated rings. The van der Waals surface area contributed by atoms with Crippen molar-refractivity contribution in [2.45, 2.75) is 217 Å². The highest BCUT2D eigenvalue weighted by molar-refractivity contribution is 7.92. The number of rotatable bonds is 49. The number of nitrogens with one attached hydrogen (secondary N) is 8. The predicted octanol–water partition coefficient (Wildman–Crippen LogP) is 7.30. The quantitative estimate of drug-likeness (QED) is 0.0135. The number of carbonyl (C=O) groups is 12. The Bertz CT molecular complexity index is 4640. The molecule has 35 heteroatoms. The summed E-state index contributed by atoms with van der Waals surface area (Å²) >= 11 is 0. The molecular weight excluding hydrogens is 1660 g/mol. The number of ether oxygens (including phenoxy) is 4. The summed E-state index contributed by atoms with van der Waals surface area (Å²) in [6.07, 6.45) is -2.29. The number of sulfone groups is 2. The van der Waals surface area contributed by atoms with Gasteiger partial charge in [0.05, 0.1) is 82.6 Å². The molecule has 5 aromatic carbocycles. The fraction of sp³-hybridized carbons (Fsp3) is 0.538. The van der Waals surface area contributed by atoms with Crippen molar-refractivity contribution in [2.75, 3.05) is 78.5 Å². The molecule has 33 nitrogen and oxygen atoms in total. The molecular formula is C91H130N12O21S2. The van der Waals surface area contributed by atoms with Gasteiger partial charge in [0.15, 0.2) is 25.5 Å². The van der Waals surface area contributed by atoms with E-state index in [2.05, 4.69) is 42.5 Å². The molecule has 11 N–H and O–H groups in total. The monoisotopic (exact) mass is 1790 g/mol. The van der Waals surface area contributed by atoms with Crippen molar-refractivity contribution in [3.8, 4) is 0 Å². The molecule has 692 valence electrons. The molecule has 12 amide bonds. The number of urea groups is 1. The Morgan fingerprint density at radius 3 is 1.70 bits per heavy atom. The Hall–Kier alpha value is -10.7. The van der Waals surface area contributed by atoms with Gasteiger partial charge in [-0.2, -0.15) is 0 Å². The minimum atomic E-state index is -4.23. The highest BCUT2D eigenvalue weighted by atomic mass is 32.2. The Labute approximate surface area is 740 Å². The van der Waals surface area contributed by atoms with Crippen LogP contribution < -0.4 is 48.3 Å². The number of carbonyl (C=O) groups excluding carboxylic acids is 12. The van der Waals surface area contributed by atoms with E-state index in [9.17, 15) is 79.5 Å². The van der Waals surface area contributed by atoms with Gasteiger partial charge < -0.3 is 82.1 Å². The number of anilines is 1. The Kier molecular flexibility index (Phi) is 40.8. The van der Waals surface area contributed by atoms with E-state index >= 15 is 0 Å². The number of methoxy groups -OCH3 is 3. The minimum Gasteiger partial charge on any atom is -0.445 e. The van der Waals surface area contributed by atoms with Crippen LogP contribution in [0, 0.1) is 49.4 Å². The molecule has 1 heterocycles. The van der Waals surface area contributed by atoms with Crippen LogP contribution >= 0.6 is 0 Å². The second-order valence-corrected chi connectivity index (χ2v) is 37.5. The zero-order valence-electron chi connectivity index (χ0n) is 75.4. The van der Waals surface area contributed by atoms with Gasteiger partial charge in [0.2, 0.25) is 47.3 Å². The minimum absolute atomic E-state index is 0.00974. The molecule has 126 heavy (non-hydrogen) atoms. The molecule has 0 aliphatic carbocycles. The van der Waals surface area contributed by atoms with Gasteiger partial charge in [-0.15, -0.1) is 0 Å². The average molecular weight is 1790 g/mol. The summed E-state index contributed by atoms with van der Waals surface area (Å²) in [5.41, 5.74) is 8.05. The lowest BCUT2D eigenvalue weighted by Crippen LogP contribution is -2.60. The summed E-state index contributed by atoms with van der Waals surface area (Å²) in [7, 11) is -1.04. The van der Waals surface area contributed by atoms with E-state index in [1.54, 1.807) is 142 Å². The molecule has 0 spiro atoms. The Morgan fingerprint density at radius 2 is 1.17 bits per heavy atom. The third-order valence-electron chi connectivity index (χ3n) is 22.8. The van der Waals surface area contributed by atoms with Crippen molar-refractivity contribution in [2.24, 2.45) is 41.2 Å². The van der Waals surface area contributed by atoms with E-state index in [1.165, 1.54) is 93.9 Å². The number of hydrogen-bond acceptors (Lipinski definition) is 21. The van der Waals surface area contributed by atoms with E-state index in [4.69, 9.17) is 24.7 Å². The lowest BCUT2D eigenvalue weighted by atomic mass is 9.89. The summed E-state index contributed by atoms with van der Waals surface area (Å²) in [6, 6.07) is 23.2. The smallest absolute Gasteiger partial charge is 0.410 e. The molecule has 0 radical (unpaired) electrons. The number of aryl methyl sites for hydroxylation is 2. The van der Waals surface area contributed by atoms with E-state index in [1.807, 2.05) is 19.9 Å². The Balaban J connectivity index is 1.07. The number of nitrogens with zero attached hydrogens (tertiary/aromatic N) is 3. The van der Waals surface area contributed by atoms with Crippen LogP contribution in [0.1, 0.15) is 170 Å². The van der Waals surface area contributed by atoms with Gasteiger partial charge in [0.1, 0.15) is 36.8 Å². The average Bonchev–Trinajstić information content (AvgIpc) is 1.00. The first-order valence-electron chi connectivity index (χ1n) is 42.7. The van der Waals surface area contributed by atoms with Gasteiger partial charge in [-0.3, -0.25) is 52.8 Å². The lowest BCUT2D eigenvalue weighted by molar-refractivity contribution is -0.148. The van der Waals surface area contributed by atoms with Crippen LogP contribution in [0.15, 0.2) is 137 Å². The van der Waals surface area contributed by atoms with E-state index in [0.29, 0.717) is 36.9 Å². The van der Waals surface area contributed by atoms with Crippen molar-refractivity contribution in [3.05, 3.63) is 161 Å². The predicted molar refractivity (Wildman–Crippen MR) is 475 cm³/mol. The fourth-order valence-electron chi connectivity index (χ4n) is 15.3. The highest BCUT2D eigenvalue weighted by Crippen LogP contribution is 2.32. The largest absolute Gasteiger partial charge is 0.445 e. The Morgan fingerprint density at radius 1 is 0.595 bits per heavy atom. The molecule has 1 saturated heterocycles. The zero-order valence-corrected chi connectivity index (χ0v) is 77.0. The number of primary amides is 1. The molecule has 1 aliphatic rings. The third kappa shape index (κ3) is 30.2. The number of amides is 12. The first-order chi connectivity index (χ1) is 59.5.